The Hall–Kier alpha value is -2.79. The number of ether oxygens (including phenoxy) is 6. The van der Waals surface area contributed by atoms with E-state index < -0.39 is 113 Å². The zero-order chi connectivity index (χ0) is 50.7. The minimum atomic E-state index is -1.60. The van der Waals surface area contributed by atoms with Crippen LogP contribution in [0.15, 0.2) is 46.3 Å². The van der Waals surface area contributed by atoms with E-state index in [1.54, 1.807) is 6.92 Å². The van der Waals surface area contributed by atoms with E-state index >= 15 is 4.79 Å². The van der Waals surface area contributed by atoms with Gasteiger partial charge in [-0.2, -0.15) is 0 Å². The third-order valence-corrected chi connectivity index (χ3v) is 18.3. The van der Waals surface area contributed by atoms with Gasteiger partial charge in [-0.25, -0.2) is 4.79 Å². The summed E-state index contributed by atoms with van der Waals surface area (Å²) >= 11 is 0. The first-order chi connectivity index (χ1) is 32.5. The zero-order valence-electron chi connectivity index (χ0n) is 43.3. The number of hydrogen-bond acceptors (Lipinski definition) is 14. The van der Waals surface area contributed by atoms with Gasteiger partial charge >= 0.3 is 5.97 Å². The summed E-state index contributed by atoms with van der Waals surface area (Å²) < 4.78 is 37.7. The number of esters is 1. The summed E-state index contributed by atoms with van der Waals surface area (Å²) in [7, 11) is 1.54. The van der Waals surface area contributed by atoms with E-state index in [-0.39, 0.29) is 79.5 Å². The Kier molecular flexibility index (Phi) is 16.4. The van der Waals surface area contributed by atoms with E-state index in [2.05, 4.69) is 26.0 Å². The zero-order valence-corrected chi connectivity index (χ0v) is 43.3. The topological polar surface area (TPSA) is 208 Å². The molecular formula is C55H84O14. The van der Waals surface area contributed by atoms with Crippen LogP contribution in [-0.2, 0) is 42.8 Å². The van der Waals surface area contributed by atoms with Gasteiger partial charge < -0.3 is 54.0 Å². The number of carbonyl (C=O) groups is 3. The van der Waals surface area contributed by atoms with Crippen LogP contribution in [-0.4, -0.2) is 124 Å². The number of allylic oxidation sites excluding steroid dienone is 4. The molecule has 0 aromatic heterocycles. The minimum absolute atomic E-state index is 0.0313. The Morgan fingerprint density at radius 3 is 2.14 bits per heavy atom. The van der Waals surface area contributed by atoms with Gasteiger partial charge in [0.15, 0.2) is 18.2 Å². The van der Waals surface area contributed by atoms with Crippen molar-refractivity contribution in [1.82, 2.24) is 0 Å². The molecule has 14 nitrogen and oxygen atoms in total. The predicted octanol–water partition coefficient (Wildman–Crippen LogP) is 7.40. The van der Waals surface area contributed by atoms with Crippen molar-refractivity contribution in [1.29, 1.82) is 0 Å². The van der Waals surface area contributed by atoms with Crippen molar-refractivity contribution in [2.75, 3.05) is 13.7 Å². The number of carbonyl (C=O) groups excluding carboxylic acids is 3. The lowest BCUT2D eigenvalue weighted by molar-refractivity contribution is -0.320. The summed E-state index contributed by atoms with van der Waals surface area (Å²) in [5, 5.41) is 58.3. The first-order valence-corrected chi connectivity index (χ1v) is 26.1. The number of hydrogen-bond donors (Lipinski definition) is 5. The molecule has 1 spiro atoms. The third kappa shape index (κ3) is 9.55. The number of Topliss-reactive ketones (excluding diaryl/α,β-unsaturated/α-hetero) is 2. The fraction of sp³-hybridized carbons (Fsp3) is 0.800. The molecule has 1 saturated carbocycles. The van der Waals surface area contributed by atoms with E-state index in [1.165, 1.54) is 7.11 Å². The smallest absolute Gasteiger partial charge is 0.346 e. The number of aliphatic hydroxyl groups is 5. The standard InChI is InChI=1S/C55H84O14/c1-13-36-20-35(26-56)18-29(5)48(67-42-22-40(59)49(34(10)66-42)68-43-23-41(64-12)47(60)33(9)65-43)27(3)16-15-17-53(11)24-30(6)31(7)25-55(53)51(62)44(52(63)69-55)50(61)54(14-2)45(36)28(4)19-37-39(58)21-38(57)32(8)46(37)54/h19-20,24,27,29,31-35,37,39-43,45-49,56,58-61H,13-18,21-23,25-26H2,1-12H3/t27-,29-,31-,32+,33+,34-,35-,37-,39+,40+,41+,42+,43+,45+,46-,47+,48-,49-,53-,54-,55-/m1/s1. The molecule has 7 aliphatic rings. The van der Waals surface area contributed by atoms with Crippen LogP contribution in [0.1, 0.15) is 140 Å². The highest BCUT2D eigenvalue weighted by molar-refractivity contribution is 6.26. The average molecular weight is 969 g/mol. The maximum atomic E-state index is 15.6. The molecule has 0 unspecified atom stereocenters. The van der Waals surface area contributed by atoms with Crippen molar-refractivity contribution in [2.24, 2.45) is 58.2 Å². The predicted molar refractivity (Wildman–Crippen MR) is 257 cm³/mol. The second kappa shape index (κ2) is 21.0. The van der Waals surface area contributed by atoms with E-state index in [4.69, 9.17) is 28.4 Å². The second-order valence-corrected chi connectivity index (χ2v) is 22.7. The molecule has 0 aromatic rings. The largest absolute Gasteiger partial charge is 0.511 e. The molecular weight excluding hydrogens is 885 g/mol. The summed E-state index contributed by atoms with van der Waals surface area (Å²) in [6, 6.07) is 0. The van der Waals surface area contributed by atoms with Crippen molar-refractivity contribution < 1.29 is 68.3 Å². The Morgan fingerprint density at radius 2 is 1.51 bits per heavy atom. The SMILES string of the molecule is CCC1=C[C@H](CO)C[C@@H](C)[C@H](O[C@H]2C[C@H](O)[C@H](O[C@H]3C[C@H](OC)[C@@H](O)[C@H](C)O3)[C@@H](C)O2)[C@H](C)CCC[C@]2(C)C=C(C)[C@H](C)C[C@]23OC(=O)C(=C(O)[C@]2(CC)[C@H]1C(C)=C[C@H]1[C@H]2[C@@H](C)C(=O)C[C@@H]1O)C3=O. The molecule has 21 atom stereocenters. The molecule has 0 aromatic carbocycles. The van der Waals surface area contributed by atoms with Crippen molar-refractivity contribution in [2.45, 2.75) is 207 Å². The molecule has 0 radical (unpaired) electrons. The molecule has 69 heavy (non-hydrogen) atoms. The van der Waals surface area contributed by atoms with Crippen LogP contribution in [0, 0.1) is 58.2 Å². The van der Waals surface area contributed by atoms with Gasteiger partial charge in [-0.15, -0.1) is 0 Å². The van der Waals surface area contributed by atoms with Gasteiger partial charge in [0.05, 0.1) is 36.6 Å². The van der Waals surface area contributed by atoms with E-state index in [9.17, 15) is 35.1 Å². The highest BCUT2D eigenvalue weighted by Gasteiger charge is 2.67. The lowest BCUT2D eigenvalue weighted by atomic mass is 9.47. The quantitative estimate of drug-likeness (QED) is 0.0913. The number of aliphatic hydroxyl groups excluding tert-OH is 5. The highest BCUT2D eigenvalue weighted by atomic mass is 16.7. The number of ketones is 2. The number of methoxy groups -OCH3 is 1. The Bertz CT molecular complexity index is 2030. The third-order valence-electron chi connectivity index (χ3n) is 18.3. The van der Waals surface area contributed by atoms with Crippen molar-refractivity contribution in [3.05, 3.63) is 46.3 Å². The van der Waals surface area contributed by atoms with Gasteiger partial charge in [0.2, 0.25) is 5.78 Å². The van der Waals surface area contributed by atoms with Gasteiger partial charge in [0.1, 0.15) is 29.3 Å². The van der Waals surface area contributed by atoms with Crippen molar-refractivity contribution in [3.63, 3.8) is 0 Å². The Labute approximate surface area is 410 Å². The van der Waals surface area contributed by atoms with Crippen LogP contribution < -0.4 is 0 Å². The summed E-state index contributed by atoms with van der Waals surface area (Å²) in [4.78, 5) is 44.1. The van der Waals surface area contributed by atoms with Crippen LogP contribution in [0.25, 0.3) is 0 Å². The molecule has 0 amide bonds. The van der Waals surface area contributed by atoms with Gasteiger partial charge in [-0.3, -0.25) is 9.59 Å². The monoisotopic (exact) mass is 969 g/mol. The molecule has 14 heteroatoms. The molecule has 3 saturated heterocycles. The number of fused-ring (bicyclic) bond motifs is 4. The normalized spacial score (nSPS) is 47.0. The van der Waals surface area contributed by atoms with E-state index in [0.717, 1.165) is 16.7 Å². The van der Waals surface area contributed by atoms with Gasteiger partial charge in [0.25, 0.3) is 0 Å². The summed E-state index contributed by atoms with van der Waals surface area (Å²) in [6.45, 7) is 21.5. The van der Waals surface area contributed by atoms with Crippen LogP contribution >= 0.6 is 0 Å². The Morgan fingerprint density at radius 1 is 0.841 bits per heavy atom. The maximum absolute atomic E-state index is 15.6. The molecule has 7 rings (SSSR count). The summed E-state index contributed by atoms with van der Waals surface area (Å²) in [5.74, 6) is -4.99. The van der Waals surface area contributed by atoms with Crippen LogP contribution in [0.3, 0.4) is 0 Å². The van der Waals surface area contributed by atoms with Crippen LogP contribution in [0.4, 0.5) is 0 Å². The fourth-order valence-corrected chi connectivity index (χ4v) is 14.5. The first-order valence-electron chi connectivity index (χ1n) is 26.1. The highest BCUT2D eigenvalue weighted by Crippen LogP contribution is 2.63. The molecule has 4 fully saturated rings. The summed E-state index contributed by atoms with van der Waals surface area (Å²) in [6.07, 6.45) is 2.88. The summed E-state index contributed by atoms with van der Waals surface area (Å²) in [5.41, 5.74) is -1.44. The van der Waals surface area contributed by atoms with Gasteiger partial charge in [-0.05, 0) is 83.5 Å². The lowest BCUT2D eigenvalue weighted by Gasteiger charge is -2.56. The van der Waals surface area contributed by atoms with E-state index in [0.29, 0.717) is 32.1 Å². The molecule has 4 aliphatic carbocycles. The fourth-order valence-electron chi connectivity index (χ4n) is 14.5. The number of rotatable bonds is 8. The van der Waals surface area contributed by atoms with Crippen LogP contribution in [0.5, 0.6) is 0 Å². The first kappa shape index (κ1) is 54.0. The van der Waals surface area contributed by atoms with Crippen molar-refractivity contribution in [3.8, 4) is 0 Å². The van der Waals surface area contributed by atoms with Crippen LogP contribution in [0.2, 0.25) is 0 Å². The average Bonchev–Trinajstić information content (AvgIpc) is 3.55. The van der Waals surface area contributed by atoms with Gasteiger partial charge in [-0.1, -0.05) is 89.8 Å². The molecule has 5 N–H and O–H groups in total. The Balaban J connectivity index is 1.30. The van der Waals surface area contributed by atoms with E-state index in [1.807, 2.05) is 61.5 Å². The lowest BCUT2D eigenvalue weighted by Crippen LogP contribution is -2.57. The second-order valence-electron chi connectivity index (χ2n) is 22.7. The van der Waals surface area contributed by atoms with Gasteiger partial charge in [0, 0.05) is 73.9 Å². The molecule has 388 valence electrons. The molecule has 3 heterocycles. The van der Waals surface area contributed by atoms with Crippen molar-refractivity contribution >= 4 is 17.5 Å². The molecule has 3 aliphatic heterocycles. The minimum Gasteiger partial charge on any atom is -0.511 e. The maximum Gasteiger partial charge on any atom is 0.346 e. The molecule has 2 bridgehead atoms.